The van der Waals surface area contributed by atoms with Crippen LogP contribution in [0.15, 0.2) is 18.2 Å². The van der Waals surface area contributed by atoms with Gasteiger partial charge in [0.15, 0.2) is 0 Å². The van der Waals surface area contributed by atoms with E-state index in [0.29, 0.717) is 25.5 Å². The molecule has 2 N–H and O–H groups in total. The smallest absolute Gasteiger partial charge is 0.220 e. The highest BCUT2D eigenvalue weighted by molar-refractivity contribution is 5.85. The summed E-state index contributed by atoms with van der Waals surface area (Å²) in [5.74, 6) is 1.64. The quantitative estimate of drug-likeness (QED) is 0.776. The van der Waals surface area contributed by atoms with Gasteiger partial charge in [0.2, 0.25) is 5.91 Å². The predicted molar refractivity (Wildman–Crippen MR) is 100 cm³/mol. The van der Waals surface area contributed by atoms with Crippen molar-refractivity contribution in [2.45, 2.75) is 45.3 Å². The maximum absolute atomic E-state index is 12.1. The van der Waals surface area contributed by atoms with Crippen molar-refractivity contribution in [3.63, 3.8) is 0 Å². The lowest BCUT2D eigenvalue weighted by Crippen LogP contribution is -2.24. The highest BCUT2D eigenvalue weighted by Gasteiger charge is 2.19. The van der Waals surface area contributed by atoms with E-state index in [9.17, 15) is 4.79 Å². The summed E-state index contributed by atoms with van der Waals surface area (Å²) in [5, 5.41) is 6.38. The molecule has 0 aromatic heterocycles. The van der Waals surface area contributed by atoms with Crippen LogP contribution < -0.4 is 15.4 Å². The number of aryl methyl sites for hydroxylation is 1. The van der Waals surface area contributed by atoms with Crippen LogP contribution in [0.5, 0.6) is 5.75 Å². The first-order chi connectivity index (χ1) is 11.7. The van der Waals surface area contributed by atoms with Crippen LogP contribution in [0.2, 0.25) is 0 Å². The van der Waals surface area contributed by atoms with Gasteiger partial charge in [0.25, 0.3) is 0 Å². The van der Waals surface area contributed by atoms with Gasteiger partial charge in [-0.3, -0.25) is 4.79 Å². The Bertz CT molecular complexity index is 556. The average molecular weight is 369 g/mol. The first kappa shape index (κ1) is 20.0. The zero-order valence-corrected chi connectivity index (χ0v) is 15.7. The van der Waals surface area contributed by atoms with E-state index in [1.165, 1.54) is 6.42 Å². The van der Waals surface area contributed by atoms with Crippen LogP contribution in [0.3, 0.4) is 0 Å². The summed E-state index contributed by atoms with van der Waals surface area (Å²) in [7, 11) is 0. The molecule has 6 heteroatoms. The predicted octanol–water partition coefficient (Wildman–Crippen LogP) is 2.59. The van der Waals surface area contributed by atoms with Crippen molar-refractivity contribution < 1.29 is 14.3 Å². The summed E-state index contributed by atoms with van der Waals surface area (Å²) in [4.78, 5) is 12.1. The number of carbonyl (C=O) groups excluding carboxylic acids is 1. The molecule has 2 aliphatic rings. The molecular weight excluding hydrogens is 340 g/mol. The lowest BCUT2D eigenvalue weighted by Gasteiger charge is -2.17. The van der Waals surface area contributed by atoms with Gasteiger partial charge in [0.05, 0.1) is 13.2 Å². The number of hydrogen-bond donors (Lipinski definition) is 2. The highest BCUT2D eigenvalue weighted by atomic mass is 35.5. The lowest BCUT2D eigenvalue weighted by atomic mass is 10.0. The van der Waals surface area contributed by atoms with Gasteiger partial charge in [-0.15, -0.1) is 12.4 Å². The monoisotopic (exact) mass is 368 g/mol. The highest BCUT2D eigenvalue weighted by Crippen LogP contribution is 2.24. The van der Waals surface area contributed by atoms with E-state index in [2.05, 4.69) is 23.6 Å². The van der Waals surface area contributed by atoms with Crippen LogP contribution in [0.1, 0.15) is 36.8 Å². The van der Waals surface area contributed by atoms with E-state index in [0.717, 1.165) is 49.4 Å². The third-order valence-electron chi connectivity index (χ3n) is 4.82. The average Bonchev–Trinajstić information content (AvgIpc) is 3.26. The van der Waals surface area contributed by atoms with Gasteiger partial charge in [0, 0.05) is 24.9 Å². The van der Waals surface area contributed by atoms with Crippen LogP contribution in [0.25, 0.3) is 0 Å². The van der Waals surface area contributed by atoms with Crippen LogP contribution >= 0.6 is 12.4 Å². The zero-order chi connectivity index (χ0) is 16.8. The van der Waals surface area contributed by atoms with E-state index in [4.69, 9.17) is 9.47 Å². The molecule has 2 atom stereocenters. The van der Waals surface area contributed by atoms with E-state index < -0.39 is 0 Å². The molecule has 5 nitrogen and oxygen atoms in total. The summed E-state index contributed by atoms with van der Waals surface area (Å²) >= 11 is 0. The largest absolute Gasteiger partial charge is 0.488 e. The fourth-order valence-electron chi connectivity index (χ4n) is 3.28. The number of halogens is 1. The van der Waals surface area contributed by atoms with Crippen molar-refractivity contribution in [1.29, 1.82) is 0 Å². The molecular formula is C19H29ClN2O3. The molecule has 1 aromatic rings. The van der Waals surface area contributed by atoms with E-state index in [1.807, 2.05) is 12.1 Å². The number of benzene rings is 1. The van der Waals surface area contributed by atoms with Gasteiger partial charge >= 0.3 is 0 Å². The minimum atomic E-state index is 0. The normalized spacial score (nSPS) is 22.4. The van der Waals surface area contributed by atoms with Crippen molar-refractivity contribution in [3.05, 3.63) is 29.3 Å². The lowest BCUT2D eigenvalue weighted by molar-refractivity contribution is -0.121. The van der Waals surface area contributed by atoms with Gasteiger partial charge in [0.1, 0.15) is 11.9 Å². The van der Waals surface area contributed by atoms with Crippen molar-refractivity contribution in [3.8, 4) is 5.75 Å². The second-order valence-electron chi connectivity index (χ2n) is 6.89. The Labute approximate surface area is 156 Å². The Hall–Kier alpha value is -1.30. The van der Waals surface area contributed by atoms with Crippen molar-refractivity contribution in [2.24, 2.45) is 5.92 Å². The van der Waals surface area contributed by atoms with Gasteiger partial charge in [-0.05, 0) is 50.4 Å². The van der Waals surface area contributed by atoms with Crippen LogP contribution in [0, 0.1) is 12.8 Å². The third-order valence-corrected chi connectivity index (χ3v) is 4.82. The Morgan fingerprint density at radius 2 is 2.28 bits per heavy atom. The topological polar surface area (TPSA) is 59.6 Å². The number of rotatable bonds is 7. The second kappa shape index (κ2) is 10.00. The molecule has 0 bridgehead atoms. The van der Waals surface area contributed by atoms with Crippen LogP contribution in [0.4, 0.5) is 0 Å². The molecule has 2 saturated heterocycles. The fourth-order valence-corrected chi connectivity index (χ4v) is 3.28. The number of carbonyl (C=O) groups is 1. The Morgan fingerprint density at radius 1 is 1.40 bits per heavy atom. The maximum Gasteiger partial charge on any atom is 0.220 e. The van der Waals surface area contributed by atoms with Gasteiger partial charge < -0.3 is 20.1 Å². The summed E-state index contributed by atoms with van der Waals surface area (Å²) in [6.07, 6.45) is 3.80. The number of hydrogen-bond acceptors (Lipinski definition) is 4. The molecule has 0 spiro atoms. The van der Waals surface area contributed by atoms with Crippen LogP contribution in [-0.2, 0) is 16.1 Å². The Morgan fingerprint density at radius 3 is 3.00 bits per heavy atom. The number of nitrogens with one attached hydrogen (secondary N) is 2. The first-order valence-electron chi connectivity index (χ1n) is 9.02. The molecule has 2 aliphatic heterocycles. The molecule has 2 fully saturated rings. The number of amides is 1. The molecule has 0 aliphatic carbocycles. The first-order valence-corrected chi connectivity index (χ1v) is 9.02. The van der Waals surface area contributed by atoms with E-state index in [-0.39, 0.29) is 24.4 Å². The molecule has 3 rings (SSSR count). The summed E-state index contributed by atoms with van der Waals surface area (Å²) in [6.45, 7) is 6.11. The van der Waals surface area contributed by atoms with E-state index >= 15 is 0 Å². The zero-order valence-electron chi connectivity index (χ0n) is 14.9. The molecule has 2 heterocycles. The standard InChI is InChI=1S/C19H28N2O3.ClH/c1-14-2-4-16(18(10-14)24-17-7-9-23-13-17)12-21-19(22)5-3-15-6-8-20-11-15;/h2,4,10,15,17,20H,3,5-9,11-13H2,1H3,(H,21,22);1H. The third kappa shape index (κ3) is 6.17. The fraction of sp³-hybridized carbons (Fsp3) is 0.632. The second-order valence-corrected chi connectivity index (χ2v) is 6.89. The minimum Gasteiger partial charge on any atom is -0.488 e. The molecule has 0 radical (unpaired) electrons. The summed E-state index contributed by atoms with van der Waals surface area (Å²) in [5.41, 5.74) is 2.19. The molecule has 1 aromatic carbocycles. The Balaban J connectivity index is 0.00000225. The maximum atomic E-state index is 12.1. The molecule has 1 amide bonds. The molecule has 25 heavy (non-hydrogen) atoms. The van der Waals surface area contributed by atoms with E-state index in [1.54, 1.807) is 0 Å². The van der Waals surface area contributed by atoms with Gasteiger partial charge in [-0.25, -0.2) is 0 Å². The van der Waals surface area contributed by atoms with Crippen molar-refractivity contribution in [1.82, 2.24) is 10.6 Å². The molecule has 140 valence electrons. The SMILES string of the molecule is Cc1ccc(CNC(=O)CCC2CCNC2)c(OC2CCOC2)c1.Cl. The number of ether oxygens (including phenoxy) is 2. The van der Waals surface area contributed by atoms with Gasteiger partial charge in [-0.2, -0.15) is 0 Å². The Kier molecular flexibility index (Phi) is 8.00. The summed E-state index contributed by atoms with van der Waals surface area (Å²) < 4.78 is 11.5. The van der Waals surface area contributed by atoms with Crippen LogP contribution in [-0.4, -0.2) is 38.3 Å². The van der Waals surface area contributed by atoms with Crippen molar-refractivity contribution >= 4 is 18.3 Å². The molecule has 2 unspecified atom stereocenters. The van der Waals surface area contributed by atoms with Gasteiger partial charge in [-0.1, -0.05) is 12.1 Å². The van der Waals surface area contributed by atoms with Crippen molar-refractivity contribution in [2.75, 3.05) is 26.3 Å². The summed E-state index contributed by atoms with van der Waals surface area (Å²) in [6, 6.07) is 6.15. The molecule has 0 saturated carbocycles. The minimum absolute atomic E-state index is 0.